The first kappa shape index (κ1) is 11.5. The number of nitrogens with one attached hydrogen (secondary N) is 1. The third-order valence-electron chi connectivity index (χ3n) is 2.90. The molecule has 0 aliphatic rings. The fourth-order valence-electron chi connectivity index (χ4n) is 2.11. The van der Waals surface area contributed by atoms with E-state index in [1.165, 1.54) is 5.56 Å². The molecule has 18 heavy (non-hydrogen) atoms. The van der Waals surface area contributed by atoms with Crippen LogP contribution in [0.2, 0.25) is 5.02 Å². The Morgan fingerprint density at radius 1 is 1.17 bits per heavy atom. The summed E-state index contributed by atoms with van der Waals surface area (Å²) in [7, 11) is 0. The average Bonchev–Trinajstić information content (AvgIpc) is 2.64. The maximum atomic E-state index is 5.99. The van der Waals surface area contributed by atoms with Gasteiger partial charge in [-0.15, -0.1) is 0 Å². The predicted molar refractivity (Wildman–Crippen MR) is 78.2 cm³/mol. The van der Waals surface area contributed by atoms with Crippen LogP contribution < -0.4 is 0 Å². The molecular weight excluding hydrogens is 264 g/mol. The van der Waals surface area contributed by atoms with Crippen LogP contribution in [0.25, 0.3) is 16.7 Å². The van der Waals surface area contributed by atoms with E-state index in [9.17, 15) is 0 Å². The molecule has 4 heteroatoms. The third kappa shape index (κ3) is 1.85. The second kappa shape index (κ2) is 4.26. The summed E-state index contributed by atoms with van der Waals surface area (Å²) >= 11 is 11.4. The van der Waals surface area contributed by atoms with Gasteiger partial charge in [0.25, 0.3) is 0 Å². The van der Waals surface area contributed by atoms with Crippen molar-refractivity contribution in [3.63, 3.8) is 0 Å². The molecular formula is C14H11ClN2S. The Labute approximate surface area is 115 Å². The number of aryl methyl sites for hydroxylation is 1. The molecule has 90 valence electrons. The minimum atomic E-state index is 0.679. The van der Waals surface area contributed by atoms with E-state index in [1.54, 1.807) is 0 Å². The maximum Gasteiger partial charge on any atom is 0.182 e. The Morgan fingerprint density at radius 2 is 2.00 bits per heavy atom. The smallest absolute Gasteiger partial charge is 0.182 e. The van der Waals surface area contributed by atoms with E-state index in [2.05, 4.69) is 24.0 Å². The zero-order chi connectivity index (χ0) is 12.7. The predicted octanol–water partition coefficient (Wildman–Crippen LogP) is 4.65. The van der Waals surface area contributed by atoms with Crippen LogP contribution in [0.3, 0.4) is 0 Å². The van der Waals surface area contributed by atoms with E-state index in [1.807, 2.05) is 34.9 Å². The number of benzene rings is 2. The summed E-state index contributed by atoms with van der Waals surface area (Å²) in [6.45, 7) is 2.07. The van der Waals surface area contributed by atoms with Crippen LogP contribution in [0.15, 0.2) is 42.5 Å². The van der Waals surface area contributed by atoms with E-state index in [0.717, 1.165) is 16.7 Å². The quantitative estimate of drug-likeness (QED) is 0.641. The average molecular weight is 275 g/mol. The fraction of sp³-hybridized carbons (Fsp3) is 0.0714. The van der Waals surface area contributed by atoms with Gasteiger partial charge in [0.1, 0.15) is 0 Å². The summed E-state index contributed by atoms with van der Waals surface area (Å²) in [5, 5.41) is 0.704. The maximum absolute atomic E-state index is 5.99. The van der Waals surface area contributed by atoms with Crippen molar-refractivity contribution in [3.05, 3.63) is 57.8 Å². The van der Waals surface area contributed by atoms with Gasteiger partial charge in [-0.05, 0) is 55.0 Å². The molecule has 0 spiro atoms. The van der Waals surface area contributed by atoms with Gasteiger partial charge in [0, 0.05) is 10.7 Å². The van der Waals surface area contributed by atoms with Gasteiger partial charge in [-0.25, -0.2) is 0 Å². The molecule has 1 N–H and O–H groups in total. The molecule has 0 unspecified atom stereocenters. The van der Waals surface area contributed by atoms with Gasteiger partial charge in [0.2, 0.25) is 0 Å². The Hall–Kier alpha value is -1.58. The number of halogens is 1. The lowest BCUT2D eigenvalue weighted by Crippen LogP contribution is -1.93. The van der Waals surface area contributed by atoms with Gasteiger partial charge in [-0.3, -0.25) is 4.57 Å². The molecule has 0 saturated carbocycles. The van der Waals surface area contributed by atoms with E-state index >= 15 is 0 Å². The molecule has 0 fully saturated rings. The monoisotopic (exact) mass is 274 g/mol. The minimum Gasteiger partial charge on any atom is -0.330 e. The molecule has 0 aliphatic carbocycles. The van der Waals surface area contributed by atoms with Crippen LogP contribution in [0.1, 0.15) is 5.56 Å². The number of nitrogens with zero attached hydrogens (tertiary/aromatic N) is 1. The molecule has 2 nitrogen and oxygen atoms in total. The lowest BCUT2D eigenvalue weighted by atomic mass is 10.2. The highest BCUT2D eigenvalue weighted by atomic mass is 35.5. The number of hydrogen-bond donors (Lipinski definition) is 1. The molecule has 0 saturated heterocycles. The normalized spacial score (nSPS) is 11.0. The summed E-state index contributed by atoms with van der Waals surface area (Å²) < 4.78 is 2.70. The Bertz CT molecular complexity index is 786. The summed E-state index contributed by atoms with van der Waals surface area (Å²) in [5.41, 5.74) is 4.26. The van der Waals surface area contributed by atoms with Crippen molar-refractivity contribution in [2.24, 2.45) is 0 Å². The summed E-state index contributed by atoms with van der Waals surface area (Å²) in [5.74, 6) is 0. The minimum absolute atomic E-state index is 0.679. The molecule has 2 aromatic carbocycles. The fourth-order valence-corrected chi connectivity index (χ4v) is 2.59. The molecule has 3 aromatic rings. The Morgan fingerprint density at radius 3 is 2.78 bits per heavy atom. The van der Waals surface area contributed by atoms with Crippen molar-refractivity contribution in [1.29, 1.82) is 0 Å². The molecule has 0 amide bonds. The number of aromatic amines is 1. The first-order chi connectivity index (χ1) is 8.65. The molecule has 0 bridgehead atoms. The highest BCUT2D eigenvalue weighted by molar-refractivity contribution is 7.71. The molecule has 0 atom stereocenters. The lowest BCUT2D eigenvalue weighted by Gasteiger charge is -2.05. The van der Waals surface area contributed by atoms with Crippen LogP contribution in [-0.2, 0) is 0 Å². The van der Waals surface area contributed by atoms with Crippen LogP contribution in [0.4, 0.5) is 0 Å². The topological polar surface area (TPSA) is 20.7 Å². The van der Waals surface area contributed by atoms with Crippen molar-refractivity contribution in [1.82, 2.24) is 9.55 Å². The molecule has 3 rings (SSSR count). The van der Waals surface area contributed by atoms with Crippen LogP contribution in [-0.4, -0.2) is 9.55 Å². The molecule has 0 radical (unpaired) electrons. The Balaban J connectivity index is 2.35. The number of fused-ring (bicyclic) bond motifs is 1. The van der Waals surface area contributed by atoms with E-state index in [4.69, 9.17) is 23.8 Å². The van der Waals surface area contributed by atoms with E-state index in [-0.39, 0.29) is 0 Å². The van der Waals surface area contributed by atoms with Gasteiger partial charge in [-0.1, -0.05) is 23.7 Å². The van der Waals surface area contributed by atoms with Gasteiger partial charge in [0.15, 0.2) is 4.77 Å². The highest BCUT2D eigenvalue weighted by Gasteiger charge is 2.06. The number of H-pyrrole nitrogens is 1. The second-order valence-corrected chi connectivity index (χ2v) is 5.09. The number of aromatic nitrogens is 2. The van der Waals surface area contributed by atoms with Crippen molar-refractivity contribution < 1.29 is 0 Å². The number of hydrogen-bond acceptors (Lipinski definition) is 1. The van der Waals surface area contributed by atoms with Gasteiger partial charge in [-0.2, -0.15) is 0 Å². The zero-order valence-electron chi connectivity index (χ0n) is 9.77. The largest absolute Gasteiger partial charge is 0.330 e. The van der Waals surface area contributed by atoms with Crippen LogP contribution in [0, 0.1) is 11.7 Å². The first-order valence-corrected chi connectivity index (χ1v) is 6.41. The zero-order valence-corrected chi connectivity index (χ0v) is 11.3. The molecule has 0 aliphatic heterocycles. The van der Waals surface area contributed by atoms with Crippen molar-refractivity contribution in [2.45, 2.75) is 6.92 Å². The van der Waals surface area contributed by atoms with Crippen molar-refractivity contribution in [2.75, 3.05) is 0 Å². The number of imidazole rings is 1. The van der Waals surface area contributed by atoms with Crippen molar-refractivity contribution in [3.8, 4) is 5.69 Å². The van der Waals surface area contributed by atoms with E-state index < -0.39 is 0 Å². The number of rotatable bonds is 1. The summed E-state index contributed by atoms with van der Waals surface area (Å²) in [6.07, 6.45) is 0. The second-order valence-electron chi connectivity index (χ2n) is 4.27. The van der Waals surface area contributed by atoms with Crippen molar-refractivity contribution >= 4 is 34.9 Å². The Kier molecular flexibility index (Phi) is 2.73. The van der Waals surface area contributed by atoms with Crippen LogP contribution >= 0.6 is 23.8 Å². The molecule has 1 aromatic heterocycles. The van der Waals surface area contributed by atoms with Gasteiger partial charge in [0.05, 0.1) is 11.0 Å². The third-order valence-corrected chi connectivity index (χ3v) is 3.42. The van der Waals surface area contributed by atoms with E-state index in [0.29, 0.717) is 9.79 Å². The standard InChI is InChI=1S/C14H11ClN2S/c1-9-3-2-4-11(7-9)17-13-6-5-10(15)8-12(13)16-14(17)18/h2-8H,1H3,(H,16,18). The van der Waals surface area contributed by atoms with Gasteiger partial charge >= 0.3 is 0 Å². The van der Waals surface area contributed by atoms with Gasteiger partial charge < -0.3 is 4.98 Å². The first-order valence-electron chi connectivity index (χ1n) is 5.62. The highest BCUT2D eigenvalue weighted by Crippen LogP contribution is 2.22. The lowest BCUT2D eigenvalue weighted by molar-refractivity contribution is 1.06. The molecule has 1 heterocycles. The summed E-state index contributed by atoms with van der Waals surface area (Å²) in [4.78, 5) is 3.18. The summed E-state index contributed by atoms with van der Waals surface area (Å²) in [6, 6.07) is 14.0. The SMILES string of the molecule is Cc1cccc(-n2c(=S)[nH]c3cc(Cl)ccc32)c1. The van der Waals surface area contributed by atoms with Crippen LogP contribution in [0.5, 0.6) is 0 Å².